The van der Waals surface area contributed by atoms with E-state index in [9.17, 15) is 9.59 Å². The van der Waals surface area contributed by atoms with Gasteiger partial charge in [-0.25, -0.2) is 0 Å². The van der Waals surface area contributed by atoms with Crippen LogP contribution in [-0.2, 0) is 4.79 Å². The zero-order valence-electron chi connectivity index (χ0n) is 14.8. The second-order valence-electron chi connectivity index (χ2n) is 5.92. The molecule has 0 spiro atoms. The molecule has 1 aromatic carbocycles. The number of hydrogen-bond donors (Lipinski definition) is 1. The van der Waals surface area contributed by atoms with Gasteiger partial charge in [0, 0.05) is 16.5 Å². The maximum Gasteiger partial charge on any atom is 0.234 e. The van der Waals surface area contributed by atoms with Gasteiger partial charge in [0.15, 0.2) is 5.78 Å². The van der Waals surface area contributed by atoms with E-state index in [1.165, 1.54) is 0 Å². The Kier molecular flexibility index (Phi) is 8.68. The molecule has 0 aliphatic carbocycles. The number of benzene rings is 1. The first kappa shape index (κ1) is 20.9. The van der Waals surface area contributed by atoms with Crippen LogP contribution in [0.4, 0.5) is 5.69 Å². The predicted molar refractivity (Wildman–Crippen MR) is 106 cm³/mol. The van der Waals surface area contributed by atoms with Gasteiger partial charge in [-0.15, -0.1) is 11.8 Å². The van der Waals surface area contributed by atoms with Crippen LogP contribution in [0, 0.1) is 0 Å². The van der Waals surface area contributed by atoms with Crippen LogP contribution in [-0.4, -0.2) is 38.4 Å². The Balaban J connectivity index is 2.65. The Bertz CT molecular complexity index is 540. The lowest BCUT2D eigenvalue weighted by atomic mass is 9.56. The van der Waals surface area contributed by atoms with E-state index in [0.29, 0.717) is 28.7 Å². The molecule has 0 fully saturated rings. The molecule has 0 heterocycles. The van der Waals surface area contributed by atoms with Gasteiger partial charge in [-0.05, 0) is 42.4 Å². The summed E-state index contributed by atoms with van der Waals surface area (Å²) in [5.41, 5.74) is 1.18. The number of thioether (sulfide) groups is 1. The zero-order chi connectivity index (χ0) is 18.2. The summed E-state index contributed by atoms with van der Waals surface area (Å²) in [5, 5.41) is 2.33. The highest BCUT2D eigenvalue weighted by atomic mass is 32.2. The Morgan fingerprint density at radius 2 is 1.75 bits per heavy atom. The third-order valence-electron chi connectivity index (χ3n) is 4.24. The molecule has 0 aliphatic rings. The number of anilines is 1. The first-order valence-electron chi connectivity index (χ1n) is 8.45. The van der Waals surface area contributed by atoms with E-state index in [1.54, 1.807) is 36.0 Å². The highest BCUT2D eigenvalue weighted by Gasteiger charge is 2.28. The van der Waals surface area contributed by atoms with Crippen molar-refractivity contribution >= 4 is 44.8 Å². The number of rotatable bonds is 10. The predicted octanol–water partition coefficient (Wildman–Crippen LogP) is 4.05. The summed E-state index contributed by atoms with van der Waals surface area (Å²) in [6.07, 6.45) is 2.71. The largest absolute Gasteiger partial charge is 0.325 e. The molecule has 1 aromatic rings. The van der Waals surface area contributed by atoms with E-state index < -0.39 is 5.31 Å². The summed E-state index contributed by atoms with van der Waals surface area (Å²) < 4.78 is 0. The molecule has 1 rings (SSSR count). The van der Waals surface area contributed by atoms with E-state index in [2.05, 4.69) is 19.2 Å². The van der Waals surface area contributed by atoms with Crippen LogP contribution < -0.4 is 5.32 Å². The van der Waals surface area contributed by atoms with Crippen molar-refractivity contribution in [2.24, 2.45) is 0 Å². The van der Waals surface area contributed by atoms with Crippen LogP contribution in [0.25, 0.3) is 0 Å². The van der Waals surface area contributed by atoms with Crippen molar-refractivity contribution in [1.82, 2.24) is 0 Å². The summed E-state index contributed by atoms with van der Waals surface area (Å²) >= 11 is 1.67. The number of amides is 1. The Labute approximate surface area is 152 Å². The van der Waals surface area contributed by atoms with Gasteiger partial charge in [0.2, 0.25) is 5.91 Å². The third-order valence-corrected chi connectivity index (χ3v) is 5.81. The fourth-order valence-corrected chi connectivity index (χ4v) is 3.24. The van der Waals surface area contributed by atoms with Gasteiger partial charge in [0.1, 0.15) is 0 Å². The summed E-state index contributed by atoms with van der Waals surface area (Å²) in [6.45, 7) is 6.10. The smallest absolute Gasteiger partial charge is 0.234 e. The first-order valence-corrected chi connectivity index (χ1v) is 9.50. The molecule has 3 nitrogen and oxygen atoms in total. The van der Waals surface area contributed by atoms with Crippen molar-refractivity contribution < 1.29 is 9.59 Å². The maximum atomic E-state index is 12.4. The average Bonchev–Trinajstić information content (AvgIpc) is 2.62. The van der Waals surface area contributed by atoms with Gasteiger partial charge in [-0.1, -0.05) is 33.5 Å². The van der Waals surface area contributed by atoms with Crippen molar-refractivity contribution in [3.63, 3.8) is 0 Å². The molecule has 126 valence electrons. The van der Waals surface area contributed by atoms with E-state index in [0.717, 1.165) is 12.8 Å². The van der Waals surface area contributed by atoms with Crippen LogP contribution in [0.5, 0.6) is 0 Å². The molecular formula is C18H25B2NO2S. The molecule has 0 bridgehead atoms. The van der Waals surface area contributed by atoms with Crippen molar-refractivity contribution in [2.75, 3.05) is 11.1 Å². The number of Topliss-reactive ketones (excluding diaryl/α,β-unsaturated/α-hetero) is 1. The molecule has 6 heteroatoms. The zero-order valence-corrected chi connectivity index (χ0v) is 15.6. The van der Waals surface area contributed by atoms with Gasteiger partial charge in [-0.3, -0.25) is 9.59 Å². The summed E-state index contributed by atoms with van der Waals surface area (Å²) in [5.74, 6) is 0.228. The second-order valence-corrected chi connectivity index (χ2v) is 7.21. The molecule has 1 atom stereocenters. The average molecular weight is 341 g/mol. The molecule has 1 amide bonds. The monoisotopic (exact) mass is 341 g/mol. The van der Waals surface area contributed by atoms with E-state index >= 15 is 0 Å². The Hall–Kier alpha value is -1.16. The van der Waals surface area contributed by atoms with Crippen LogP contribution in [0.3, 0.4) is 0 Å². The normalized spacial score (nSPS) is 13.5. The lowest BCUT2D eigenvalue weighted by molar-refractivity contribution is -0.113. The first-order chi connectivity index (χ1) is 11.4. The lowest BCUT2D eigenvalue weighted by Crippen LogP contribution is -2.23. The number of ketones is 1. The topological polar surface area (TPSA) is 46.2 Å². The molecule has 1 N–H and O–H groups in total. The third kappa shape index (κ3) is 5.73. The molecular weight excluding hydrogens is 316 g/mol. The minimum absolute atomic E-state index is 0.0327. The number of carbonyl (C=O) groups excluding carboxylic acids is 2. The molecule has 0 saturated carbocycles. The summed E-state index contributed by atoms with van der Waals surface area (Å²) in [4.78, 5) is 24.4. The number of carbonyl (C=O) groups is 2. The summed E-state index contributed by atoms with van der Waals surface area (Å²) in [7, 11) is 11.7. The summed E-state index contributed by atoms with van der Waals surface area (Å²) in [6, 6.07) is 6.80. The van der Waals surface area contributed by atoms with E-state index in [1.807, 2.05) is 6.92 Å². The molecule has 4 radical (unpaired) electrons. The fourth-order valence-electron chi connectivity index (χ4n) is 2.30. The number of hydrogen-bond acceptors (Lipinski definition) is 3. The van der Waals surface area contributed by atoms with Gasteiger partial charge in [-0.2, -0.15) is 0 Å². The van der Waals surface area contributed by atoms with Gasteiger partial charge in [0.05, 0.1) is 21.4 Å². The maximum absolute atomic E-state index is 12.4. The quantitative estimate of drug-likeness (QED) is 0.516. The lowest BCUT2D eigenvalue weighted by Gasteiger charge is -2.25. The highest BCUT2D eigenvalue weighted by molar-refractivity contribution is 8.00. The molecule has 24 heavy (non-hydrogen) atoms. The van der Waals surface area contributed by atoms with Crippen molar-refractivity contribution in [2.45, 2.75) is 56.9 Å². The molecule has 0 aliphatic heterocycles. The molecule has 0 aromatic heterocycles. The Morgan fingerprint density at radius 3 is 2.21 bits per heavy atom. The van der Waals surface area contributed by atoms with Crippen molar-refractivity contribution in [3.05, 3.63) is 29.8 Å². The standard InChI is InChI=1S/C18H25B2NO2S/c1-4-15(5-2)24-11-16(22)21-14-9-7-13(8-10-14)17(23)18(20,6-3)12-19/h7-10,15H,4-6,11-12H2,1-3H3,(H,21,22). The van der Waals surface area contributed by atoms with Crippen LogP contribution in [0.15, 0.2) is 24.3 Å². The van der Waals surface area contributed by atoms with Gasteiger partial charge >= 0.3 is 0 Å². The molecule has 1 unspecified atom stereocenters. The van der Waals surface area contributed by atoms with Gasteiger partial charge in [0.25, 0.3) is 0 Å². The molecule has 0 saturated heterocycles. The van der Waals surface area contributed by atoms with Gasteiger partial charge < -0.3 is 5.32 Å². The van der Waals surface area contributed by atoms with Crippen molar-refractivity contribution in [3.8, 4) is 0 Å². The number of nitrogens with one attached hydrogen (secondary N) is 1. The van der Waals surface area contributed by atoms with Crippen LogP contribution in [0.1, 0.15) is 50.4 Å². The highest BCUT2D eigenvalue weighted by Crippen LogP contribution is 2.34. The van der Waals surface area contributed by atoms with Crippen LogP contribution in [0.2, 0.25) is 11.6 Å². The van der Waals surface area contributed by atoms with Crippen LogP contribution >= 0.6 is 11.8 Å². The van der Waals surface area contributed by atoms with E-state index in [4.69, 9.17) is 15.7 Å². The minimum Gasteiger partial charge on any atom is -0.325 e. The fraction of sp³-hybridized carbons (Fsp3) is 0.556. The Morgan fingerprint density at radius 1 is 1.17 bits per heavy atom. The van der Waals surface area contributed by atoms with E-state index in [-0.39, 0.29) is 18.0 Å². The minimum atomic E-state index is -1.03. The van der Waals surface area contributed by atoms with Crippen molar-refractivity contribution in [1.29, 1.82) is 0 Å². The second kappa shape index (κ2) is 9.97. The SMILES string of the molecule is [B]CC([B])(CC)C(=O)c1ccc(NC(=O)CSC(CC)CC)cc1.